The van der Waals surface area contributed by atoms with Gasteiger partial charge in [0, 0.05) is 11.1 Å². The largest absolute Gasteiger partial charge is 0.504 e. The zero-order valence-electron chi connectivity index (χ0n) is 15.2. The number of hydrogen-bond acceptors (Lipinski definition) is 9. The molecule has 3 rings (SSSR count). The summed E-state index contributed by atoms with van der Waals surface area (Å²) in [7, 11) is -9.74. The Balaban J connectivity index is 2.40. The van der Waals surface area contributed by atoms with Crippen LogP contribution in [0.5, 0.6) is 5.75 Å². The molecule has 0 saturated heterocycles. The van der Waals surface area contributed by atoms with Crippen LogP contribution in [-0.2, 0) is 20.2 Å². The van der Waals surface area contributed by atoms with Gasteiger partial charge in [-0.1, -0.05) is 12.1 Å². The highest BCUT2D eigenvalue weighted by Gasteiger charge is 2.24. The van der Waals surface area contributed by atoms with Crippen molar-refractivity contribution in [3.8, 4) is 5.75 Å². The van der Waals surface area contributed by atoms with Crippen molar-refractivity contribution in [2.24, 2.45) is 10.2 Å². The van der Waals surface area contributed by atoms with E-state index in [2.05, 4.69) is 10.2 Å². The molecule has 14 heteroatoms. The summed E-state index contributed by atoms with van der Waals surface area (Å²) in [5.41, 5.74) is 4.53. The fourth-order valence-electron chi connectivity index (χ4n) is 2.78. The Morgan fingerprint density at radius 1 is 0.935 bits per heavy atom. The van der Waals surface area contributed by atoms with Gasteiger partial charge in [0.15, 0.2) is 5.75 Å². The Kier molecular flexibility index (Phi) is 5.41. The first-order chi connectivity index (χ1) is 14.3. The monoisotopic (exact) mass is 467 g/mol. The fraction of sp³-hybridized carbons (Fsp3) is 0. The molecular weight excluding hydrogens is 454 g/mol. The summed E-state index contributed by atoms with van der Waals surface area (Å²) in [6, 6.07) is 7.83. The predicted molar refractivity (Wildman–Crippen MR) is 107 cm³/mol. The number of carboxylic acids is 1. The third kappa shape index (κ3) is 4.31. The lowest BCUT2D eigenvalue weighted by Gasteiger charge is -2.12. The van der Waals surface area contributed by atoms with Crippen molar-refractivity contribution in [1.82, 2.24) is 0 Å². The minimum absolute atomic E-state index is 0.145. The fourth-order valence-corrected chi connectivity index (χ4v) is 3.95. The van der Waals surface area contributed by atoms with Crippen LogP contribution in [-0.4, -0.2) is 42.1 Å². The lowest BCUT2D eigenvalue weighted by atomic mass is 10.1. The van der Waals surface area contributed by atoms with Crippen LogP contribution >= 0.6 is 0 Å². The molecule has 0 amide bonds. The Hall–Kier alpha value is -3.59. The first-order valence-corrected chi connectivity index (χ1v) is 11.0. The average molecular weight is 467 g/mol. The standard InChI is InChI=1S/C17H13N3O9S2/c18-11-7-9(30(24,25)26)5-8-6-13(31(27,28)29)16(21)15(14(8)11)20-19-12-4-2-1-3-10(12)17(22)23/h1-7,21H,18H2,(H,22,23)(H,24,25,26)(H,27,28,29). The van der Waals surface area contributed by atoms with E-state index in [4.69, 9.17) is 5.73 Å². The first kappa shape index (κ1) is 22.1. The van der Waals surface area contributed by atoms with Crippen LogP contribution in [0, 0.1) is 0 Å². The van der Waals surface area contributed by atoms with Gasteiger partial charge in [-0.15, -0.1) is 10.2 Å². The number of nitrogen functional groups attached to an aromatic ring is 1. The molecule has 0 aliphatic heterocycles. The van der Waals surface area contributed by atoms with Crippen LogP contribution in [0.25, 0.3) is 10.8 Å². The third-order valence-electron chi connectivity index (χ3n) is 4.12. The Bertz CT molecular complexity index is 1480. The number of nitrogens with two attached hydrogens (primary N) is 1. The number of phenols is 1. The maximum Gasteiger partial charge on any atom is 0.337 e. The Morgan fingerprint density at radius 2 is 1.58 bits per heavy atom. The molecule has 0 fully saturated rings. The molecule has 31 heavy (non-hydrogen) atoms. The molecular formula is C17H13N3O9S2. The molecule has 3 aromatic carbocycles. The maximum absolute atomic E-state index is 11.7. The minimum Gasteiger partial charge on any atom is -0.504 e. The molecule has 0 aromatic heterocycles. The van der Waals surface area contributed by atoms with E-state index in [0.29, 0.717) is 0 Å². The summed E-state index contributed by atoms with van der Waals surface area (Å²) < 4.78 is 65.0. The number of nitrogens with zero attached hydrogens (tertiary/aromatic N) is 2. The van der Waals surface area contributed by atoms with Gasteiger partial charge in [0.2, 0.25) is 0 Å². The zero-order valence-corrected chi connectivity index (χ0v) is 16.8. The molecule has 6 N–H and O–H groups in total. The molecule has 0 atom stereocenters. The Labute approximate surface area is 174 Å². The number of azo groups is 1. The molecule has 162 valence electrons. The van der Waals surface area contributed by atoms with Crippen LogP contribution in [0.4, 0.5) is 17.1 Å². The minimum atomic E-state index is -5.01. The van der Waals surface area contributed by atoms with E-state index in [-0.39, 0.29) is 27.7 Å². The smallest absolute Gasteiger partial charge is 0.337 e. The van der Waals surface area contributed by atoms with E-state index < -0.39 is 47.4 Å². The second kappa shape index (κ2) is 7.59. The number of aromatic carboxylic acids is 1. The number of rotatable bonds is 5. The molecule has 3 aromatic rings. The summed E-state index contributed by atoms with van der Waals surface area (Å²) in [5, 5.41) is 26.7. The lowest BCUT2D eigenvalue weighted by molar-refractivity contribution is 0.0697. The molecule has 0 saturated carbocycles. The van der Waals surface area contributed by atoms with Gasteiger partial charge < -0.3 is 15.9 Å². The quantitative estimate of drug-likeness (QED) is 0.210. The lowest BCUT2D eigenvalue weighted by Crippen LogP contribution is -2.02. The van der Waals surface area contributed by atoms with Crippen molar-refractivity contribution < 1.29 is 40.9 Å². The SMILES string of the molecule is Nc1cc(S(=O)(=O)O)cc2cc(S(=O)(=O)O)c(O)c(N=Nc3ccccc3C(=O)O)c12. The molecule has 0 spiro atoms. The topological polar surface area (TPSA) is 217 Å². The summed E-state index contributed by atoms with van der Waals surface area (Å²) in [4.78, 5) is 9.61. The molecule has 0 aliphatic carbocycles. The predicted octanol–water partition coefficient (Wildman–Crippen LogP) is 2.73. The molecule has 0 heterocycles. The van der Waals surface area contributed by atoms with Gasteiger partial charge in [-0.2, -0.15) is 16.8 Å². The number of aromatic hydroxyl groups is 1. The van der Waals surface area contributed by atoms with E-state index >= 15 is 0 Å². The van der Waals surface area contributed by atoms with E-state index in [9.17, 15) is 40.9 Å². The number of benzene rings is 3. The van der Waals surface area contributed by atoms with Crippen molar-refractivity contribution >= 4 is 54.0 Å². The number of carbonyl (C=O) groups is 1. The third-order valence-corrected chi connectivity index (χ3v) is 5.82. The van der Waals surface area contributed by atoms with Gasteiger partial charge in [-0.05, 0) is 35.7 Å². The first-order valence-electron chi connectivity index (χ1n) is 8.09. The van der Waals surface area contributed by atoms with E-state index in [1.54, 1.807) is 0 Å². The highest BCUT2D eigenvalue weighted by atomic mass is 32.2. The summed E-state index contributed by atoms with van der Waals surface area (Å²) >= 11 is 0. The van der Waals surface area contributed by atoms with Gasteiger partial charge in [-0.25, -0.2) is 4.79 Å². The van der Waals surface area contributed by atoms with Gasteiger partial charge in [0.25, 0.3) is 20.2 Å². The van der Waals surface area contributed by atoms with Crippen LogP contribution < -0.4 is 5.73 Å². The molecule has 0 radical (unpaired) electrons. The van der Waals surface area contributed by atoms with Gasteiger partial charge >= 0.3 is 5.97 Å². The van der Waals surface area contributed by atoms with Gasteiger partial charge in [0.05, 0.1) is 10.5 Å². The second-order valence-corrected chi connectivity index (χ2v) is 8.97. The zero-order chi connectivity index (χ0) is 23.1. The van der Waals surface area contributed by atoms with E-state index in [0.717, 1.165) is 18.2 Å². The molecule has 0 bridgehead atoms. The van der Waals surface area contributed by atoms with Crippen LogP contribution in [0.3, 0.4) is 0 Å². The van der Waals surface area contributed by atoms with Crippen LogP contribution in [0.15, 0.2) is 62.5 Å². The number of anilines is 1. The van der Waals surface area contributed by atoms with Crippen LogP contribution in [0.1, 0.15) is 10.4 Å². The van der Waals surface area contributed by atoms with Crippen molar-refractivity contribution in [2.75, 3.05) is 5.73 Å². The number of carboxylic acid groups (broad SMARTS) is 1. The van der Waals surface area contributed by atoms with E-state index in [1.165, 1.54) is 24.3 Å². The molecule has 0 unspecified atom stereocenters. The summed E-state index contributed by atoms with van der Waals surface area (Å²) in [6.45, 7) is 0. The Morgan fingerprint density at radius 3 is 2.16 bits per heavy atom. The van der Waals surface area contributed by atoms with Gasteiger partial charge in [0.1, 0.15) is 16.3 Å². The van der Waals surface area contributed by atoms with Crippen molar-refractivity contribution in [1.29, 1.82) is 0 Å². The highest BCUT2D eigenvalue weighted by Crippen LogP contribution is 2.44. The van der Waals surface area contributed by atoms with Crippen LogP contribution in [0.2, 0.25) is 0 Å². The number of hydrogen-bond donors (Lipinski definition) is 5. The summed E-state index contributed by atoms with van der Waals surface area (Å²) in [6.07, 6.45) is 0. The maximum atomic E-state index is 11.7. The number of fused-ring (bicyclic) bond motifs is 1. The van der Waals surface area contributed by atoms with Crippen molar-refractivity contribution in [3.05, 3.63) is 48.0 Å². The summed E-state index contributed by atoms with van der Waals surface area (Å²) in [5.74, 6) is -2.38. The van der Waals surface area contributed by atoms with Crippen molar-refractivity contribution in [3.63, 3.8) is 0 Å². The molecule has 0 aliphatic rings. The second-order valence-electron chi connectivity index (χ2n) is 6.15. The van der Waals surface area contributed by atoms with Crippen molar-refractivity contribution in [2.45, 2.75) is 9.79 Å². The number of phenolic OH excluding ortho intramolecular Hbond substituents is 1. The normalized spacial score (nSPS) is 12.5. The van der Waals surface area contributed by atoms with E-state index in [1.807, 2.05) is 0 Å². The van der Waals surface area contributed by atoms with Gasteiger partial charge in [-0.3, -0.25) is 9.11 Å². The molecule has 12 nitrogen and oxygen atoms in total. The highest BCUT2D eigenvalue weighted by molar-refractivity contribution is 7.86. The average Bonchev–Trinajstić information content (AvgIpc) is 2.65.